The summed E-state index contributed by atoms with van der Waals surface area (Å²) in [5.74, 6) is 0.884. The van der Waals surface area contributed by atoms with Crippen LogP contribution in [0.3, 0.4) is 0 Å². The van der Waals surface area contributed by atoms with E-state index in [1.807, 2.05) is 30.3 Å². The lowest BCUT2D eigenvalue weighted by atomic mass is 10.3. The van der Waals surface area contributed by atoms with Gasteiger partial charge in [0.2, 0.25) is 0 Å². The Morgan fingerprint density at radius 3 is 2.37 bits per heavy atom. The van der Waals surface area contributed by atoms with Crippen LogP contribution in [0, 0.1) is 0 Å². The average Bonchev–Trinajstić information content (AvgIpc) is 2.43. The minimum atomic E-state index is 0.725. The number of rotatable bonds is 6. The van der Waals surface area contributed by atoms with Gasteiger partial charge in [-0.15, -0.1) is 6.58 Å². The van der Waals surface area contributed by atoms with E-state index in [0.29, 0.717) is 0 Å². The van der Waals surface area contributed by atoms with Crippen LogP contribution in [0.1, 0.15) is 0 Å². The van der Waals surface area contributed by atoms with E-state index in [2.05, 4.69) is 16.4 Å². The molecule has 0 aliphatic carbocycles. The van der Waals surface area contributed by atoms with E-state index in [-0.39, 0.29) is 0 Å². The molecule has 0 radical (unpaired) electrons. The van der Waals surface area contributed by atoms with Crippen molar-refractivity contribution < 1.29 is 4.74 Å². The lowest BCUT2D eigenvalue weighted by Crippen LogP contribution is -2.47. The molecule has 1 fully saturated rings. The summed E-state index contributed by atoms with van der Waals surface area (Å²) in [5, 5.41) is 0.741. The van der Waals surface area contributed by atoms with E-state index in [1.54, 1.807) is 0 Å². The van der Waals surface area contributed by atoms with Gasteiger partial charge in [0.05, 0.1) is 0 Å². The molecule has 0 N–H and O–H groups in total. The van der Waals surface area contributed by atoms with Crippen molar-refractivity contribution in [3.8, 4) is 5.75 Å². The number of halogens is 1. The molecule has 2 rings (SSSR count). The minimum Gasteiger partial charge on any atom is -0.492 e. The SMILES string of the molecule is C=CCN1CCN(CCOc2ccc(Cl)cc2)CC1. The Labute approximate surface area is 120 Å². The monoisotopic (exact) mass is 280 g/mol. The van der Waals surface area contributed by atoms with E-state index < -0.39 is 0 Å². The van der Waals surface area contributed by atoms with Gasteiger partial charge >= 0.3 is 0 Å². The van der Waals surface area contributed by atoms with Crippen LogP contribution < -0.4 is 4.74 Å². The third kappa shape index (κ3) is 4.86. The molecule has 3 nitrogen and oxygen atoms in total. The van der Waals surface area contributed by atoms with E-state index in [1.165, 1.54) is 0 Å². The number of ether oxygens (including phenoxy) is 1. The predicted molar refractivity (Wildman–Crippen MR) is 80.0 cm³/mol. The highest BCUT2D eigenvalue weighted by Crippen LogP contribution is 2.15. The van der Waals surface area contributed by atoms with Gasteiger partial charge in [0.15, 0.2) is 0 Å². The fraction of sp³-hybridized carbons (Fsp3) is 0.467. The molecule has 1 saturated heterocycles. The second-order valence-corrected chi connectivity index (χ2v) is 5.17. The van der Waals surface area contributed by atoms with E-state index in [4.69, 9.17) is 16.3 Å². The van der Waals surface area contributed by atoms with Crippen molar-refractivity contribution in [2.24, 2.45) is 0 Å². The molecule has 0 atom stereocenters. The zero-order chi connectivity index (χ0) is 13.5. The van der Waals surface area contributed by atoms with Gasteiger partial charge < -0.3 is 4.74 Å². The summed E-state index contributed by atoms with van der Waals surface area (Å²) < 4.78 is 5.71. The van der Waals surface area contributed by atoms with Gasteiger partial charge in [-0.2, -0.15) is 0 Å². The standard InChI is InChI=1S/C15H21ClN2O/c1-2-7-17-8-10-18(11-9-17)12-13-19-15-5-3-14(16)4-6-15/h2-6H,1,7-13H2. The fourth-order valence-electron chi connectivity index (χ4n) is 2.20. The number of benzene rings is 1. The second-order valence-electron chi connectivity index (χ2n) is 4.73. The van der Waals surface area contributed by atoms with Crippen LogP contribution in [0.15, 0.2) is 36.9 Å². The summed E-state index contributed by atoms with van der Waals surface area (Å²) in [6.07, 6.45) is 1.97. The highest BCUT2D eigenvalue weighted by molar-refractivity contribution is 6.30. The Morgan fingerprint density at radius 2 is 1.74 bits per heavy atom. The first-order chi connectivity index (χ1) is 9.28. The first-order valence-corrected chi connectivity index (χ1v) is 7.09. The molecule has 1 aromatic rings. The van der Waals surface area contributed by atoms with Crippen molar-refractivity contribution >= 4 is 11.6 Å². The number of hydrogen-bond acceptors (Lipinski definition) is 3. The van der Waals surface area contributed by atoms with Gasteiger partial charge in [-0.25, -0.2) is 0 Å². The number of hydrogen-bond donors (Lipinski definition) is 0. The average molecular weight is 281 g/mol. The molecule has 0 spiro atoms. The molecular formula is C15H21ClN2O. The normalized spacial score (nSPS) is 17.3. The van der Waals surface area contributed by atoms with Crippen molar-refractivity contribution in [2.75, 3.05) is 45.9 Å². The number of piperazine rings is 1. The van der Waals surface area contributed by atoms with Gasteiger partial charge in [-0.05, 0) is 24.3 Å². The van der Waals surface area contributed by atoms with E-state index in [9.17, 15) is 0 Å². The predicted octanol–water partition coefficient (Wildman–Crippen LogP) is 2.52. The largest absolute Gasteiger partial charge is 0.492 e. The minimum absolute atomic E-state index is 0.725. The van der Waals surface area contributed by atoms with Crippen molar-refractivity contribution in [3.63, 3.8) is 0 Å². The Balaban J connectivity index is 1.64. The molecule has 0 amide bonds. The molecule has 0 aromatic heterocycles. The highest BCUT2D eigenvalue weighted by Gasteiger charge is 2.15. The maximum Gasteiger partial charge on any atom is 0.119 e. The summed E-state index contributed by atoms with van der Waals surface area (Å²) in [6.45, 7) is 10.9. The van der Waals surface area contributed by atoms with Crippen LogP contribution in [0.4, 0.5) is 0 Å². The molecule has 0 unspecified atom stereocenters. The van der Waals surface area contributed by atoms with Crippen LogP contribution in [0.25, 0.3) is 0 Å². The third-order valence-electron chi connectivity index (χ3n) is 3.34. The summed E-state index contributed by atoms with van der Waals surface area (Å²) in [6, 6.07) is 7.52. The van der Waals surface area contributed by atoms with Crippen LogP contribution in [-0.2, 0) is 0 Å². The quantitative estimate of drug-likeness (QED) is 0.745. The summed E-state index contributed by atoms with van der Waals surface area (Å²) in [4.78, 5) is 4.86. The van der Waals surface area contributed by atoms with Gasteiger partial charge in [0, 0.05) is 44.3 Å². The van der Waals surface area contributed by atoms with Crippen molar-refractivity contribution in [1.29, 1.82) is 0 Å². The molecule has 1 aromatic carbocycles. The molecule has 19 heavy (non-hydrogen) atoms. The first kappa shape index (κ1) is 14.4. The zero-order valence-corrected chi connectivity index (χ0v) is 12.0. The molecule has 0 saturated carbocycles. The smallest absolute Gasteiger partial charge is 0.119 e. The Bertz CT molecular complexity index is 386. The van der Waals surface area contributed by atoms with Crippen LogP contribution in [-0.4, -0.2) is 55.7 Å². The molecular weight excluding hydrogens is 260 g/mol. The summed E-state index contributed by atoms with van der Waals surface area (Å²) in [5.41, 5.74) is 0. The van der Waals surface area contributed by atoms with Crippen molar-refractivity contribution in [1.82, 2.24) is 9.80 Å². The third-order valence-corrected chi connectivity index (χ3v) is 3.59. The van der Waals surface area contributed by atoms with Crippen LogP contribution >= 0.6 is 11.6 Å². The zero-order valence-electron chi connectivity index (χ0n) is 11.2. The molecule has 1 aliphatic heterocycles. The van der Waals surface area contributed by atoms with Crippen LogP contribution in [0.5, 0.6) is 5.75 Å². The van der Waals surface area contributed by atoms with Crippen molar-refractivity contribution in [2.45, 2.75) is 0 Å². The Morgan fingerprint density at radius 1 is 1.11 bits per heavy atom. The molecule has 4 heteroatoms. The lowest BCUT2D eigenvalue weighted by molar-refractivity contribution is 0.125. The van der Waals surface area contributed by atoms with Crippen molar-refractivity contribution in [3.05, 3.63) is 41.9 Å². The maximum absolute atomic E-state index is 5.83. The van der Waals surface area contributed by atoms with Gasteiger partial charge in [-0.3, -0.25) is 9.80 Å². The summed E-state index contributed by atoms with van der Waals surface area (Å²) in [7, 11) is 0. The molecule has 1 aliphatic rings. The Kier molecular flexibility index (Phi) is 5.70. The van der Waals surface area contributed by atoms with Gasteiger partial charge in [0.1, 0.15) is 12.4 Å². The van der Waals surface area contributed by atoms with Gasteiger partial charge in [-0.1, -0.05) is 17.7 Å². The maximum atomic E-state index is 5.83. The second kappa shape index (κ2) is 7.53. The molecule has 1 heterocycles. The van der Waals surface area contributed by atoms with Crippen LogP contribution in [0.2, 0.25) is 5.02 Å². The van der Waals surface area contributed by atoms with Gasteiger partial charge in [0.25, 0.3) is 0 Å². The highest BCUT2D eigenvalue weighted by atomic mass is 35.5. The fourth-order valence-corrected chi connectivity index (χ4v) is 2.33. The lowest BCUT2D eigenvalue weighted by Gasteiger charge is -2.33. The summed E-state index contributed by atoms with van der Waals surface area (Å²) >= 11 is 5.83. The number of nitrogens with zero attached hydrogens (tertiary/aromatic N) is 2. The molecule has 0 bridgehead atoms. The first-order valence-electron chi connectivity index (χ1n) is 6.72. The molecule has 104 valence electrons. The topological polar surface area (TPSA) is 15.7 Å². The van der Waals surface area contributed by atoms with E-state index in [0.717, 1.165) is 56.6 Å². The Hall–Kier alpha value is -1.03. The van der Waals surface area contributed by atoms with E-state index >= 15 is 0 Å².